The summed E-state index contributed by atoms with van der Waals surface area (Å²) < 4.78 is 0. The first-order valence-electron chi connectivity index (χ1n) is 7.65. The molecular weight excluding hydrogens is 264 g/mol. The van der Waals surface area contributed by atoms with Crippen LogP contribution in [0.25, 0.3) is 0 Å². The molecule has 1 aromatic heterocycles. The predicted octanol–water partition coefficient (Wildman–Crippen LogP) is 1.96. The molecule has 116 valence electrons. The average Bonchev–Trinajstić information content (AvgIpc) is 2.88. The fraction of sp³-hybridized carbons (Fsp3) is 0.625. The molecule has 0 aromatic carbocycles. The van der Waals surface area contributed by atoms with Gasteiger partial charge in [-0.15, -0.1) is 0 Å². The van der Waals surface area contributed by atoms with Gasteiger partial charge in [0, 0.05) is 24.7 Å². The van der Waals surface area contributed by atoms with Gasteiger partial charge in [0.05, 0.1) is 18.6 Å². The van der Waals surface area contributed by atoms with Crippen LogP contribution >= 0.6 is 0 Å². The van der Waals surface area contributed by atoms with Crippen LogP contribution in [0.4, 0.5) is 0 Å². The molecule has 0 aliphatic heterocycles. The Hall–Kier alpha value is -1.62. The van der Waals surface area contributed by atoms with Crippen LogP contribution in [0.3, 0.4) is 0 Å². The van der Waals surface area contributed by atoms with E-state index in [0.717, 1.165) is 43.7 Å². The number of carbonyl (C=O) groups is 1. The highest BCUT2D eigenvalue weighted by Crippen LogP contribution is 2.21. The molecule has 0 radical (unpaired) electrons. The number of rotatable bonds is 6. The minimum Gasteiger partial charge on any atom is -0.348 e. The molecule has 5 heteroatoms. The largest absolute Gasteiger partial charge is 0.348 e. The minimum absolute atomic E-state index is 0.136. The number of H-pyrrole nitrogens is 1. The van der Waals surface area contributed by atoms with E-state index in [9.17, 15) is 4.79 Å². The van der Waals surface area contributed by atoms with E-state index in [0.29, 0.717) is 6.54 Å². The van der Waals surface area contributed by atoms with Crippen molar-refractivity contribution in [2.24, 2.45) is 5.92 Å². The first-order valence-corrected chi connectivity index (χ1v) is 7.65. The van der Waals surface area contributed by atoms with Crippen LogP contribution in [0.5, 0.6) is 0 Å². The summed E-state index contributed by atoms with van der Waals surface area (Å²) in [5.74, 6) is 0.403. The smallest absolute Gasteiger partial charge is 0.226 e. The Labute approximate surface area is 127 Å². The maximum atomic E-state index is 12.8. The van der Waals surface area contributed by atoms with Gasteiger partial charge in [0.1, 0.15) is 0 Å². The molecule has 1 amide bonds. The van der Waals surface area contributed by atoms with Crippen molar-refractivity contribution in [3.63, 3.8) is 0 Å². The summed E-state index contributed by atoms with van der Waals surface area (Å²) in [6.45, 7) is 4.22. The van der Waals surface area contributed by atoms with Crippen molar-refractivity contribution in [1.82, 2.24) is 19.8 Å². The zero-order valence-corrected chi connectivity index (χ0v) is 13.3. The fourth-order valence-corrected chi connectivity index (χ4v) is 2.59. The standard InChI is InChI=1S/C16H26N4O/c1-13-15(18-12-17-13)11-20(10-9-19(2)3)16(21)14-7-5-4-6-8-14/h4-5,12,14H,6-11H2,1-3H3,(H,17,18). The molecule has 21 heavy (non-hydrogen) atoms. The van der Waals surface area contributed by atoms with Crippen molar-refractivity contribution in [2.75, 3.05) is 27.2 Å². The van der Waals surface area contributed by atoms with Gasteiger partial charge in [-0.25, -0.2) is 4.98 Å². The van der Waals surface area contributed by atoms with E-state index in [2.05, 4.69) is 27.0 Å². The number of amides is 1. The second-order valence-corrected chi connectivity index (χ2v) is 6.02. The lowest BCUT2D eigenvalue weighted by Gasteiger charge is -2.28. The lowest BCUT2D eigenvalue weighted by molar-refractivity contribution is -0.136. The number of aromatic nitrogens is 2. The molecule has 1 aliphatic rings. The van der Waals surface area contributed by atoms with Crippen LogP contribution in [-0.2, 0) is 11.3 Å². The Morgan fingerprint density at radius 3 is 2.76 bits per heavy atom. The number of nitrogens with one attached hydrogen (secondary N) is 1. The lowest BCUT2D eigenvalue weighted by atomic mass is 9.93. The monoisotopic (exact) mass is 290 g/mol. The van der Waals surface area contributed by atoms with Crippen molar-refractivity contribution in [3.05, 3.63) is 29.9 Å². The molecule has 5 nitrogen and oxygen atoms in total. The number of hydrogen-bond acceptors (Lipinski definition) is 3. The topological polar surface area (TPSA) is 52.2 Å². The van der Waals surface area contributed by atoms with Crippen molar-refractivity contribution < 1.29 is 4.79 Å². The summed E-state index contributed by atoms with van der Waals surface area (Å²) in [5.41, 5.74) is 2.01. The third-order valence-electron chi connectivity index (χ3n) is 4.02. The molecule has 1 heterocycles. The first kappa shape index (κ1) is 15.8. The van der Waals surface area contributed by atoms with E-state index >= 15 is 0 Å². The Bertz CT molecular complexity index is 492. The highest BCUT2D eigenvalue weighted by molar-refractivity contribution is 5.79. The Morgan fingerprint density at radius 2 is 2.19 bits per heavy atom. The zero-order chi connectivity index (χ0) is 15.2. The SMILES string of the molecule is Cc1[nH]cnc1CN(CCN(C)C)C(=O)C1CC=CCC1. The number of carbonyl (C=O) groups excluding carboxylic acids is 1. The molecule has 0 saturated heterocycles. The highest BCUT2D eigenvalue weighted by atomic mass is 16.2. The number of likely N-dealkylation sites (N-methyl/N-ethyl adjacent to an activating group) is 1. The predicted molar refractivity (Wildman–Crippen MR) is 83.8 cm³/mol. The molecule has 0 bridgehead atoms. The first-order chi connectivity index (χ1) is 10.1. The van der Waals surface area contributed by atoms with E-state index in [1.165, 1.54) is 0 Å². The van der Waals surface area contributed by atoms with Crippen LogP contribution in [0.15, 0.2) is 18.5 Å². The van der Waals surface area contributed by atoms with Crippen LogP contribution in [0.1, 0.15) is 30.7 Å². The van der Waals surface area contributed by atoms with E-state index in [4.69, 9.17) is 0 Å². The highest BCUT2D eigenvalue weighted by Gasteiger charge is 2.25. The van der Waals surface area contributed by atoms with Gasteiger partial charge < -0.3 is 14.8 Å². The molecule has 1 aromatic rings. The number of nitrogens with zero attached hydrogens (tertiary/aromatic N) is 3. The minimum atomic E-state index is 0.136. The molecular formula is C16H26N4O. The molecule has 0 spiro atoms. The van der Waals surface area contributed by atoms with Crippen molar-refractivity contribution in [3.8, 4) is 0 Å². The Morgan fingerprint density at radius 1 is 1.38 bits per heavy atom. The Balaban J connectivity index is 2.05. The zero-order valence-electron chi connectivity index (χ0n) is 13.3. The van der Waals surface area contributed by atoms with Crippen LogP contribution in [-0.4, -0.2) is 52.9 Å². The van der Waals surface area contributed by atoms with Gasteiger partial charge in [-0.3, -0.25) is 4.79 Å². The average molecular weight is 290 g/mol. The van der Waals surface area contributed by atoms with Crippen LogP contribution in [0.2, 0.25) is 0 Å². The Kier molecular flexibility index (Phi) is 5.56. The third-order valence-corrected chi connectivity index (χ3v) is 4.02. The van der Waals surface area contributed by atoms with Gasteiger partial charge in [-0.05, 0) is 40.3 Å². The summed E-state index contributed by atoms with van der Waals surface area (Å²) >= 11 is 0. The number of imidazole rings is 1. The van der Waals surface area contributed by atoms with E-state index in [1.807, 2.05) is 25.9 Å². The molecule has 1 aliphatic carbocycles. The van der Waals surface area contributed by atoms with Gasteiger partial charge in [-0.2, -0.15) is 0 Å². The number of aromatic amines is 1. The van der Waals surface area contributed by atoms with Crippen LogP contribution < -0.4 is 0 Å². The second kappa shape index (κ2) is 7.41. The number of hydrogen-bond donors (Lipinski definition) is 1. The summed E-state index contributed by atoms with van der Waals surface area (Å²) in [4.78, 5) is 24.3. The van der Waals surface area contributed by atoms with Crippen molar-refractivity contribution in [1.29, 1.82) is 0 Å². The van der Waals surface area contributed by atoms with E-state index in [1.54, 1.807) is 6.33 Å². The van der Waals surface area contributed by atoms with E-state index < -0.39 is 0 Å². The quantitative estimate of drug-likeness (QED) is 0.815. The molecule has 0 fully saturated rings. The normalized spacial score (nSPS) is 18.2. The number of aryl methyl sites for hydroxylation is 1. The number of allylic oxidation sites excluding steroid dienone is 2. The van der Waals surface area contributed by atoms with Crippen molar-refractivity contribution in [2.45, 2.75) is 32.7 Å². The van der Waals surface area contributed by atoms with E-state index in [-0.39, 0.29) is 11.8 Å². The van der Waals surface area contributed by atoms with Crippen LogP contribution in [0, 0.1) is 12.8 Å². The maximum Gasteiger partial charge on any atom is 0.226 e. The molecule has 1 unspecified atom stereocenters. The fourth-order valence-electron chi connectivity index (χ4n) is 2.59. The lowest BCUT2D eigenvalue weighted by Crippen LogP contribution is -2.40. The maximum absolute atomic E-state index is 12.8. The van der Waals surface area contributed by atoms with Gasteiger partial charge >= 0.3 is 0 Å². The van der Waals surface area contributed by atoms with Gasteiger partial charge in [0.25, 0.3) is 0 Å². The van der Waals surface area contributed by atoms with Crippen molar-refractivity contribution >= 4 is 5.91 Å². The molecule has 1 N–H and O–H groups in total. The molecule has 1 atom stereocenters. The molecule has 2 rings (SSSR count). The van der Waals surface area contributed by atoms with Gasteiger partial charge in [-0.1, -0.05) is 12.2 Å². The van der Waals surface area contributed by atoms with Gasteiger partial charge in [0.15, 0.2) is 0 Å². The third kappa shape index (κ3) is 4.43. The summed E-state index contributed by atoms with van der Waals surface area (Å²) in [6.07, 6.45) is 8.86. The summed E-state index contributed by atoms with van der Waals surface area (Å²) in [5, 5.41) is 0. The summed E-state index contributed by atoms with van der Waals surface area (Å²) in [7, 11) is 4.07. The summed E-state index contributed by atoms with van der Waals surface area (Å²) in [6, 6.07) is 0. The second-order valence-electron chi connectivity index (χ2n) is 6.02. The van der Waals surface area contributed by atoms with Gasteiger partial charge in [0.2, 0.25) is 5.91 Å². The molecule has 0 saturated carbocycles.